The van der Waals surface area contributed by atoms with E-state index < -0.39 is 0 Å². The summed E-state index contributed by atoms with van der Waals surface area (Å²) in [5.74, 6) is -0.0486. The highest BCUT2D eigenvalue weighted by Crippen LogP contribution is 2.12. The Bertz CT molecular complexity index is 114. The molecule has 1 rings (SSSR count). The summed E-state index contributed by atoms with van der Waals surface area (Å²) in [6, 6.07) is 0. The van der Waals surface area contributed by atoms with Crippen LogP contribution >= 0.6 is 0 Å². The van der Waals surface area contributed by atoms with Gasteiger partial charge >= 0.3 is 0 Å². The second-order valence-electron chi connectivity index (χ2n) is 1.64. The van der Waals surface area contributed by atoms with Crippen molar-refractivity contribution in [2.24, 2.45) is 0 Å². The molecule has 0 aliphatic carbocycles. The minimum atomic E-state index is -0.0486. The fourth-order valence-corrected chi connectivity index (χ4v) is 0.403. The van der Waals surface area contributed by atoms with Gasteiger partial charge in [0.1, 0.15) is 0 Å². The minimum absolute atomic E-state index is 0.0486. The Morgan fingerprint density at radius 2 is 2.50 bits per heavy atom. The monoisotopic (exact) mass is 111 g/mol. The maximum atomic E-state index is 10.4. The third kappa shape index (κ3) is 1.46. The first-order valence-corrected chi connectivity index (χ1v) is 2.46. The van der Waals surface area contributed by atoms with E-state index in [1.165, 1.54) is 12.5 Å². The van der Waals surface area contributed by atoms with Crippen molar-refractivity contribution in [3.8, 4) is 0 Å². The Balaban J connectivity index is 2.16. The van der Waals surface area contributed by atoms with Crippen LogP contribution in [0.4, 0.5) is 0 Å². The van der Waals surface area contributed by atoms with Crippen LogP contribution in [0.25, 0.3) is 0 Å². The number of ketones is 1. The van der Waals surface area contributed by atoms with Gasteiger partial charge in [-0.2, -0.15) is 0 Å². The molecule has 1 atom stereocenters. The molecular formula is C6H7O2. The molecule has 1 radical (unpaired) electrons. The van der Waals surface area contributed by atoms with E-state index in [1.807, 2.05) is 0 Å². The van der Waals surface area contributed by atoms with Crippen LogP contribution in [0.5, 0.6) is 0 Å². The van der Waals surface area contributed by atoms with Gasteiger partial charge in [0.15, 0.2) is 5.78 Å². The van der Waals surface area contributed by atoms with Gasteiger partial charge in [0.2, 0.25) is 0 Å². The van der Waals surface area contributed by atoms with Crippen molar-refractivity contribution in [2.75, 3.05) is 6.61 Å². The molecule has 2 heteroatoms. The summed E-state index contributed by atoms with van der Waals surface area (Å²) < 4.78 is 4.76. The molecule has 0 aromatic heterocycles. The topological polar surface area (TPSA) is 29.6 Å². The summed E-state index contributed by atoms with van der Waals surface area (Å²) in [4.78, 5) is 10.4. The zero-order valence-corrected chi connectivity index (χ0v) is 4.46. The van der Waals surface area contributed by atoms with E-state index in [-0.39, 0.29) is 11.9 Å². The average Bonchev–Trinajstić information content (AvgIpc) is 2.50. The second-order valence-corrected chi connectivity index (χ2v) is 1.64. The highest BCUT2D eigenvalue weighted by molar-refractivity contribution is 5.97. The van der Waals surface area contributed by atoms with E-state index in [4.69, 9.17) is 4.74 Å². The zero-order chi connectivity index (χ0) is 5.98. The lowest BCUT2D eigenvalue weighted by Gasteiger charge is -1.82. The van der Waals surface area contributed by atoms with Gasteiger partial charge < -0.3 is 4.74 Å². The molecule has 43 valence electrons. The molecule has 8 heavy (non-hydrogen) atoms. The predicted molar refractivity (Wildman–Crippen MR) is 29.2 cm³/mol. The molecular weight excluding hydrogens is 104 g/mol. The fourth-order valence-electron chi connectivity index (χ4n) is 0.403. The number of epoxide rings is 1. The van der Waals surface area contributed by atoms with Gasteiger partial charge in [-0.05, 0) is 6.08 Å². The normalized spacial score (nSPS) is 24.8. The largest absolute Gasteiger partial charge is 0.372 e. The Kier molecular flexibility index (Phi) is 1.44. The predicted octanol–water partition coefficient (Wildman–Crippen LogP) is 0.345. The lowest BCUT2D eigenvalue weighted by atomic mass is 10.2. The third-order valence-corrected chi connectivity index (χ3v) is 0.910. The average molecular weight is 111 g/mol. The van der Waals surface area contributed by atoms with Crippen LogP contribution in [0.3, 0.4) is 0 Å². The maximum Gasteiger partial charge on any atom is 0.161 e. The highest BCUT2D eigenvalue weighted by atomic mass is 16.6. The SMILES string of the molecule is C=CC(=O)[CH]C1CO1. The minimum Gasteiger partial charge on any atom is -0.372 e. The second kappa shape index (κ2) is 2.09. The van der Waals surface area contributed by atoms with Crippen LogP contribution < -0.4 is 0 Å². The van der Waals surface area contributed by atoms with Crippen LogP contribution in [0.15, 0.2) is 12.7 Å². The molecule has 1 heterocycles. The van der Waals surface area contributed by atoms with E-state index in [0.717, 1.165) is 0 Å². The summed E-state index contributed by atoms with van der Waals surface area (Å²) in [7, 11) is 0. The highest BCUT2D eigenvalue weighted by Gasteiger charge is 2.24. The van der Waals surface area contributed by atoms with E-state index >= 15 is 0 Å². The van der Waals surface area contributed by atoms with Crippen molar-refractivity contribution in [3.05, 3.63) is 19.1 Å². The van der Waals surface area contributed by atoms with Crippen molar-refractivity contribution < 1.29 is 9.53 Å². The van der Waals surface area contributed by atoms with Crippen molar-refractivity contribution in [1.29, 1.82) is 0 Å². The number of carbonyl (C=O) groups excluding carboxylic acids is 1. The standard InChI is InChI=1S/C6H7O2/c1-2-5(7)3-6-4-8-6/h2-3,6H,1,4H2. The van der Waals surface area contributed by atoms with Gasteiger partial charge in [0, 0.05) is 0 Å². The van der Waals surface area contributed by atoms with Gasteiger partial charge in [-0.1, -0.05) is 6.58 Å². The summed E-state index contributed by atoms with van der Waals surface area (Å²) in [5.41, 5.74) is 0. The quantitative estimate of drug-likeness (QED) is 0.388. The van der Waals surface area contributed by atoms with Crippen LogP contribution in [0.1, 0.15) is 0 Å². The number of allylic oxidation sites excluding steroid dienone is 1. The third-order valence-electron chi connectivity index (χ3n) is 0.910. The van der Waals surface area contributed by atoms with E-state index in [0.29, 0.717) is 6.61 Å². The van der Waals surface area contributed by atoms with Crippen molar-refractivity contribution >= 4 is 5.78 Å². The first kappa shape index (κ1) is 5.51. The molecule has 2 nitrogen and oxygen atoms in total. The molecule has 1 aliphatic rings. The zero-order valence-electron chi connectivity index (χ0n) is 4.46. The van der Waals surface area contributed by atoms with Gasteiger partial charge in [-0.25, -0.2) is 0 Å². The van der Waals surface area contributed by atoms with Gasteiger partial charge in [-0.15, -0.1) is 0 Å². The molecule has 1 fully saturated rings. The number of ether oxygens (including phenoxy) is 1. The van der Waals surface area contributed by atoms with Crippen molar-refractivity contribution in [3.63, 3.8) is 0 Å². The van der Waals surface area contributed by atoms with Gasteiger partial charge in [0.05, 0.1) is 19.1 Å². The first-order chi connectivity index (χ1) is 3.83. The number of hydrogen-bond donors (Lipinski definition) is 0. The summed E-state index contributed by atoms with van der Waals surface area (Å²) >= 11 is 0. The number of hydrogen-bond acceptors (Lipinski definition) is 2. The molecule has 0 bridgehead atoms. The fraction of sp³-hybridized carbons (Fsp3) is 0.333. The molecule has 0 saturated carbocycles. The van der Waals surface area contributed by atoms with Gasteiger partial charge in [0.25, 0.3) is 0 Å². The van der Waals surface area contributed by atoms with Crippen LogP contribution in [0.2, 0.25) is 0 Å². The summed E-state index contributed by atoms with van der Waals surface area (Å²) in [6.07, 6.45) is 2.88. The smallest absolute Gasteiger partial charge is 0.161 e. The maximum absolute atomic E-state index is 10.4. The van der Waals surface area contributed by atoms with Crippen LogP contribution in [-0.4, -0.2) is 18.5 Å². The molecule has 0 amide bonds. The Morgan fingerprint density at radius 3 is 2.88 bits per heavy atom. The first-order valence-electron chi connectivity index (χ1n) is 2.46. The lowest BCUT2D eigenvalue weighted by Crippen LogP contribution is -1.97. The molecule has 0 N–H and O–H groups in total. The molecule has 1 saturated heterocycles. The molecule has 0 spiro atoms. The Hall–Kier alpha value is -0.630. The molecule has 0 aromatic carbocycles. The number of rotatable bonds is 3. The van der Waals surface area contributed by atoms with Crippen molar-refractivity contribution in [2.45, 2.75) is 6.10 Å². The van der Waals surface area contributed by atoms with E-state index in [1.54, 1.807) is 0 Å². The molecule has 0 aromatic rings. The summed E-state index contributed by atoms with van der Waals surface area (Å²) in [5, 5.41) is 0. The number of carbonyl (C=O) groups is 1. The Labute approximate surface area is 48.1 Å². The van der Waals surface area contributed by atoms with Crippen molar-refractivity contribution in [1.82, 2.24) is 0 Å². The van der Waals surface area contributed by atoms with E-state index in [9.17, 15) is 4.79 Å². The lowest BCUT2D eigenvalue weighted by molar-refractivity contribution is -0.111. The van der Waals surface area contributed by atoms with Crippen LogP contribution in [0, 0.1) is 6.42 Å². The Morgan fingerprint density at radius 1 is 1.88 bits per heavy atom. The van der Waals surface area contributed by atoms with E-state index in [2.05, 4.69) is 6.58 Å². The van der Waals surface area contributed by atoms with Gasteiger partial charge in [-0.3, -0.25) is 4.79 Å². The molecule has 1 aliphatic heterocycles. The van der Waals surface area contributed by atoms with Crippen LogP contribution in [-0.2, 0) is 9.53 Å². The molecule has 1 unspecified atom stereocenters. The summed E-state index contributed by atoms with van der Waals surface area (Å²) in [6.45, 7) is 4.00.